The summed E-state index contributed by atoms with van der Waals surface area (Å²) in [5.74, 6) is -0.774. The number of nitrogens with zero attached hydrogens (tertiary/aromatic N) is 3. The molecule has 2 fully saturated rings. The summed E-state index contributed by atoms with van der Waals surface area (Å²) < 4.78 is 11.0. The number of carboxylic acid groups (broad SMARTS) is 1. The second-order valence-electron chi connectivity index (χ2n) is 9.94. The molecule has 36 heavy (non-hydrogen) atoms. The average Bonchev–Trinajstić information content (AvgIpc) is 3.16. The summed E-state index contributed by atoms with van der Waals surface area (Å²) in [6, 6.07) is 7.33. The van der Waals surface area contributed by atoms with Crippen LogP contribution in [0.2, 0.25) is 0 Å². The smallest absolute Gasteiger partial charge is 0.316 e. The Morgan fingerprint density at radius 1 is 1.14 bits per heavy atom. The quantitative estimate of drug-likeness (QED) is 0.405. The third-order valence-electron chi connectivity index (χ3n) is 7.64. The molecule has 1 aromatic heterocycles. The highest BCUT2D eigenvalue weighted by molar-refractivity contribution is 5.77. The second-order valence-corrected chi connectivity index (χ2v) is 9.94. The molecule has 2 aliphatic rings. The lowest BCUT2D eigenvalue weighted by Gasteiger charge is -2.38. The number of carboxylic acids is 1. The van der Waals surface area contributed by atoms with E-state index in [0.717, 1.165) is 29.2 Å². The number of rotatable bonds is 10. The molecule has 1 aromatic carbocycles. The predicted molar refractivity (Wildman–Crippen MR) is 141 cm³/mol. The molecule has 1 aliphatic heterocycles. The lowest BCUT2D eigenvalue weighted by Crippen LogP contribution is -2.37. The first-order valence-electron chi connectivity index (χ1n) is 13.5. The summed E-state index contributed by atoms with van der Waals surface area (Å²) in [7, 11) is 0. The Labute approximate surface area is 214 Å². The van der Waals surface area contributed by atoms with Gasteiger partial charge in [0, 0.05) is 31.2 Å². The van der Waals surface area contributed by atoms with Crippen LogP contribution in [0, 0.1) is 0 Å². The van der Waals surface area contributed by atoms with E-state index < -0.39 is 11.4 Å². The van der Waals surface area contributed by atoms with Crippen LogP contribution >= 0.6 is 0 Å². The van der Waals surface area contributed by atoms with Crippen molar-refractivity contribution in [1.29, 1.82) is 0 Å². The Balaban J connectivity index is 1.73. The maximum Gasteiger partial charge on any atom is 0.316 e. The molecule has 0 radical (unpaired) electrons. The molecule has 2 heterocycles. The Kier molecular flexibility index (Phi) is 9.02. The molecule has 1 aliphatic carbocycles. The van der Waals surface area contributed by atoms with Gasteiger partial charge in [-0.25, -0.2) is 9.97 Å². The van der Waals surface area contributed by atoms with Crippen molar-refractivity contribution >= 4 is 23.0 Å². The first kappa shape index (κ1) is 26.2. The van der Waals surface area contributed by atoms with Gasteiger partial charge in [0.1, 0.15) is 0 Å². The minimum Gasteiger partial charge on any atom is -0.481 e. The van der Waals surface area contributed by atoms with Gasteiger partial charge in [0.15, 0.2) is 0 Å². The van der Waals surface area contributed by atoms with Gasteiger partial charge in [-0.1, -0.05) is 31.7 Å². The lowest BCUT2D eigenvalue weighted by atomic mass is 9.71. The zero-order chi connectivity index (χ0) is 25.4. The van der Waals surface area contributed by atoms with Gasteiger partial charge in [0.2, 0.25) is 0 Å². The largest absolute Gasteiger partial charge is 0.481 e. The predicted octanol–water partition coefficient (Wildman–Crippen LogP) is 5.69. The fourth-order valence-electron chi connectivity index (χ4n) is 5.77. The fraction of sp³-hybridized carbons (Fsp3) is 0.607. The second kappa shape index (κ2) is 12.4. The van der Waals surface area contributed by atoms with Crippen molar-refractivity contribution in [1.82, 2.24) is 9.97 Å². The number of benzene rings is 1. The number of hydrogen-bond donors (Lipinski definition) is 2. The molecule has 2 N–H and O–H groups in total. The average molecular weight is 497 g/mol. The molecule has 4 rings (SSSR count). The number of aromatic nitrogens is 2. The van der Waals surface area contributed by atoms with Crippen molar-refractivity contribution in [3.8, 4) is 6.01 Å². The summed E-state index contributed by atoms with van der Waals surface area (Å²) in [6.07, 6.45) is 12.5. The van der Waals surface area contributed by atoms with Crippen LogP contribution in [-0.2, 0) is 14.9 Å². The summed E-state index contributed by atoms with van der Waals surface area (Å²) in [5, 5.41) is 13.3. The molecule has 1 saturated carbocycles. The van der Waals surface area contributed by atoms with E-state index in [1.54, 1.807) is 12.4 Å². The van der Waals surface area contributed by atoms with Crippen LogP contribution in [0.4, 0.5) is 17.1 Å². The van der Waals surface area contributed by atoms with E-state index in [9.17, 15) is 9.90 Å². The number of ether oxygens (including phenoxy) is 2. The third-order valence-corrected chi connectivity index (χ3v) is 7.64. The van der Waals surface area contributed by atoms with Crippen LogP contribution < -0.4 is 15.0 Å². The Bertz CT molecular complexity index is 984. The molecule has 0 unspecified atom stereocenters. The van der Waals surface area contributed by atoms with Gasteiger partial charge >= 0.3 is 12.0 Å². The summed E-state index contributed by atoms with van der Waals surface area (Å²) >= 11 is 0. The zero-order valence-corrected chi connectivity index (χ0v) is 21.7. The van der Waals surface area contributed by atoms with Crippen LogP contribution in [0.25, 0.3) is 0 Å². The highest BCUT2D eigenvalue weighted by atomic mass is 16.5. The van der Waals surface area contributed by atoms with E-state index in [4.69, 9.17) is 9.47 Å². The van der Waals surface area contributed by atoms with Crippen LogP contribution in [-0.4, -0.2) is 53.5 Å². The topological polar surface area (TPSA) is 96.8 Å². The van der Waals surface area contributed by atoms with E-state index in [-0.39, 0.29) is 6.42 Å². The summed E-state index contributed by atoms with van der Waals surface area (Å²) in [6.45, 7) is 6.70. The first-order valence-corrected chi connectivity index (χ1v) is 13.5. The van der Waals surface area contributed by atoms with Gasteiger partial charge in [0.25, 0.3) is 0 Å². The number of anilines is 3. The monoisotopic (exact) mass is 496 g/mol. The highest BCUT2D eigenvalue weighted by Gasteiger charge is 2.37. The highest BCUT2D eigenvalue weighted by Crippen LogP contribution is 2.42. The van der Waals surface area contributed by atoms with Crippen molar-refractivity contribution in [3.05, 3.63) is 36.2 Å². The minimum atomic E-state index is -0.774. The molecular formula is C28H40N4O4. The van der Waals surface area contributed by atoms with Crippen molar-refractivity contribution in [2.45, 2.75) is 83.1 Å². The molecule has 2 aromatic rings. The minimum absolute atomic E-state index is 0.0986. The standard InChI is InChI=1S/C28H40N4O4/c1-3-32(23-9-7-5-6-8-10-23)25-12-11-21(28(18-26(33)34)13-15-35-16-14-28)17-24(25)31-22-19-29-27(30-20-22)36-4-2/h11-12,17,19-20,23,31H,3-10,13-16,18H2,1-2H3,(H,33,34). The van der Waals surface area contributed by atoms with Gasteiger partial charge in [-0.05, 0) is 57.2 Å². The van der Waals surface area contributed by atoms with E-state index >= 15 is 0 Å². The Hall–Kier alpha value is -2.87. The lowest BCUT2D eigenvalue weighted by molar-refractivity contribution is -0.139. The van der Waals surface area contributed by atoms with E-state index in [2.05, 4.69) is 45.3 Å². The maximum atomic E-state index is 11.9. The zero-order valence-electron chi connectivity index (χ0n) is 21.7. The van der Waals surface area contributed by atoms with Crippen molar-refractivity contribution in [3.63, 3.8) is 0 Å². The van der Waals surface area contributed by atoms with Crippen molar-refractivity contribution in [2.75, 3.05) is 36.6 Å². The van der Waals surface area contributed by atoms with Gasteiger partial charge in [0.05, 0.1) is 42.5 Å². The molecule has 0 spiro atoms. The number of nitrogens with one attached hydrogen (secondary N) is 1. The molecule has 1 saturated heterocycles. The molecule has 8 nitrogen and oxygen atoms in total. The maximum absolute atomic E-state index is 11.9. The first-order chi connectivity index (χ1) is 17.5. The number of aliphatic carboxylic acids is 1. The van der Waals surface area contributed by atoms with E-state index in [0.29, 0.717) is 44.7 Å². The van der Waals surface area contributed by atoms with Crippen LogP contribution in [0.3, 0.4) is 0 Å². The van der Waals surface area contributed by atoms with E-state index in [1.165, 1.54) is 38.5 Å². The van der Waals surface area contributed by atoms with Crippen molar-refractivity contribution in [2.24, 2.45) is 0 Å². The van der Waals surface area contributed by atoms with Crippen LogP contribution in [0.5, 0.6) is 6.01 Å². The molecule has 0 bridgehead atoms. The summed E-state index contributed by atoms with van der Waals surface area (Å²) in [4.78, 5) is 23.0. The molecule has 0 atom stereocenters. The summed E-state index contributed by atoms with van der Waals surface area (Å²) in [5.41, 5.74) is 3.48. The number of carbonyl (C=O) groups is 1. The van der Waals surface area contributed by atoms with Gasteiger partial charge < -0.3 is 24.8 Å². The Morgan fingerprint density at radius 2 is 1.83 bits per heavy atom. The fourth-order valence-corrected chi connectivity index (χ4v) is 5.77. The van der Waals surface area contributed by atoms with Gasteiger partial charge in [-0.3, -0.25) is 4.79 Å². The van der Waals surface area contributed by atoms with E-state index in [1.807, 2.05) is 6.92 Å². The molecule has 8 heteroatoms. The third kappa shape index (κ3) is 6.27. The molecule has 0 amide bonds. The molecular weight excluding hydrogens is 456 g/mol. The molecule has 196 valence electrons. The van der Waals surface area contributed by atoms with Crippen LogP contribution in [0.1, 0.15) is 77.2 Å². The van der Waals surface area contributed by atoms with Crippen molar-refractivity contribution < 1.29 is 19.4 Å². The van der Waals surface area contributed by atoms with Crippen LogP contribution in [0.15, 0.2) is 30.6 Å². The van der Waals surface area contributed by atoms with Gasteiger partial charge in [-0.15, -0.1) is 0 Å². The SMILES string of the molecule is CCOc1ncc(Nc2cc(C3(CC(=O)O)CCOCC3)ccc2N(CC)C2CCCCCC2)cn1. The number of hydrogen-bond acceptors (Lipinski definition) is 7. The van der Waals surface area contributed by atoms with Gasteiger partial charge in [-0.2, -0.15) is 0 Å². The Morgan fingerprint density at radius 3 is 2.44 bits per heavy atom. The normalized spacial score (nSPS) is 18.3.